The number of hydrogen-bond donors (Lipinski definition) is 1. The Labute approximate surface area is 161 Å². The Morgan fingerprint density at radius 3 is 2.43 bits per heavy atom. The summed E-state index contributed by atoms with van der Waals surface area (Å²) >= 11 is 0. The van der Waals surface area contributed by atoms with E-state index in [-0.39, 0.29) is 5.69 Å². The van der Waals surface area contributed by atoms with Crippen molar-refractivity contribution in [2.75, 3.05) is 36.5 Å². The number of carbonyl (C=O) groups is 1. The lowest BCUT2D eigenvalue weighted by Gasteiger charge is -2.30. The second kappa shape index (κ2) is 8.48. The van der Waals surface area contributed by atoms with Gasteiger partial charge in [-0.3, -0.25) is 4.79 Å². The van der Waals surface area contributed by atoms with Gasteiger partial charge < -0.3 is 15.0 Å². The molecule has 0 aliphatic carbocycles. The summed E-state index contributed by atoms with van der Waals surface area (Å²) in [5, 5.41) is 2.59. The highest BCUT2D eigenvalue weighted by atomic mass is 19.4. The largest absolute Gasteiger partial charge is 0.416 e. The average Bonchev–Trinajstić information content (AvgIpc) is 2.67. The molecule has 0 aromatic heterocycles. The number of alkyl halides is 3. The molecule has 2 aromatic carbocycles. The van der Waals surface area contributed by atoms with E-state index in [0.717, 1.165) is 23.3 Å². The summed E-state index contributed by atoms with van der Waals surface area (Å²) in [7, 11) is 0. The van der Waals surface area contributed by atoms with Crippen LogP contribution in [0.4, 0.5) is 24.5 Å². The van der Waals surface area contributed by atoms with E-state index in [1.807, 2.05) is 36.1 Å². The molecule has 1 saturated heterocycles. The van der Waals surface area contributed by atoms with Gasteiger partial charge in [0.15, 0.2) is 0 Å². The minimum absolute atomic E-state index is 0.135. The number of carbonyl (C=O) groups excluding carboxylic acids is 1. The molecule has 1 aliphatic heterocycles. The van der Waals surface area contributed by atoms with E-state index in [1.165, 1.54) is 12.1 Å². The minimum atomic E-state index is -4.49. The minimum Gasteiger partial charge on any atom is -0.378 e. The van der Waals surface area contributed by atoms with Gasteiger partial charge in [-0.15, -0.1) is 0 Å². The predicted molar refractivity (Wildman–Crippen MR) is 103 cm³/mol. The molecule has 3 rings (SSSR count). The van der Waals surface area contributed by atoms with Crippen molar-refractivity contribution in [1.82, 2.24) is 0 Å². The van der Waals surface area contributed by atoms with Crippen molar-refractivity contribution in [2.45, 2.75) is 13.1 Å². The van der Waals surface area contributed by atoms with Crippen LogP contribution in [0.5, 0.6) is 0 Å². The Balaban J connectivity index is 1.82. The Kier molecular flexibility index (Phi) is 6.04. The highest BCUT2D eigenvalue weighted by Crippen LogP contribution is 2.35. The average molecular weight is 390 g/mol. The van der Waals surface area contributed by atoms with Gasteiger partial charge in [-0.1, -0.05) is 29.8 Å². The molecule has 1 fully saturated rings. The third-order valence-corrected chi connectivity index (χ3v) is 4.44. The van der Waals surface area contributed by atoms with Crippen molar-refractivity contribution in [3.63, 3.8) is 0 Å². The van der Waals surface area contributed by atoms with Crippen LogP contribution in [0, 0.1) is 6.92 Å². The number of benzene rings is 2. The van der Waals surface area contributed by atoms with Crippen LogP contribution in [0.2, 0.25) is 0 Å². The Hall–Kier alpha value is -2.80. The fourth-order valence-corrected chi connectivity index (χ4v) is 2.92. The second-order valence-corrected chi connectivity index (χ2v) is 6.56. The molecule has 0 unspecified atom stereocenters. The molecule has 1 N–H and O–H groups in total. The fourth-order valence-electron chi connectivity index (χ4n) is 2.92. The number of nitrogens with zero attached hydrogens (tertiary/aromatic N) is 1. The van der Waals surface area contributed by atoms with Crippen molar-refractivity contribution >= 4 is 23.4 Å². The molecule has 0 saturated carbocycles. The molecule has 1 heterocycles. The van der Waals surface area contributed by atoms with Crippen LogP contribution < -0.4 is 10.2 Å². The van der Waals surface area contributed by atoms with Gasteiger partial charge >= 0.3 is 6.18 Å². The summed E-state index contributed by atoms with van der Waals surface area (Å²) in [6, 6.07) is 11.0. The van der Waals surface area contributed by atoms with Gasteiger partial charge in [0.1, 0.15) is 0 Å². The van der Waals surface area contributed by atoms with E-state index in [9.17, 15) is 18.0 Å². The third-order valence-electron chi connectivity index (χ3n) is 4.44. The summed E-state index contributed by atoms with van der Waals surface area (Å²) in [5.41, 5.74) is 1.81. The third kappa shape index (κ3) is 5.13. The van der Waals surface area contributed by atoms with E-state index >= 15 is 0 Å². The zero-order valence-corrected chi connectivity index (χ0v) is 15.4. The number of hydrogen-bond acceptors (Lipinski definition) is 3. The normalized spacial score (nSPS) is 15.1. The molecule has 7 heteroatoms. The Bertz CT molecular complexity index is 855. The fraction of sp³-hybridized carbons (Fsp3) is 0.286. The Morgan fingerprint density at radius 1 is 1.11 bits per heavy atom. The zero-order valence-electron chi connectivity index (χ0n) is 15.4. The van der Waals surface area contributed by atoms with Crippen molar-refractivity contribution in [3.05, 3.63) is 65.2 Å². The van der Waals surface area contributed by atoms with Gasteiger partial charge in [-0.2, -0.15) is 13.2 Å². The SMILES string of the molecule is Cc1ccc(/C=C/C(=O)Nc2cc(C(F)(F)F)ccc2N2CCOCC2)cc1. The Morgan fingerprint density at radius 2 is 1.79 bits per heavy atom. The molecule has 2 aromatic rings. The lowest BCUT2D eigenvalue weighted by atomic mass is 10.1. The monoisotopic (exact) mass is 390 g/mol. The molecule has 0 atom stereocenters. The van der Waals surface area contributed by atoms with Gasteiger partial charge in [-0.25, -0.2) is 0 Å². The van der Waals surface area contributed by atoms with Crippen LogP contribution in [0.15, 0.2) is 48.5 Å². The summed E-state index contributed by atoms with van der Waals surface area (Å²) in [4.78, 5) is 14.2. The number of nitrogens with one attached hydrogen (secondary N) is 1. The molecule has 148 valence electrons. The first kappa shape index (κ1) is 19.9. The maximum Gasteiger partial charge on any atom is 0.416 e. The topological polar surface area (TPSA) is 41.6 Å². The number of amides is 1. The second-order valence-electron chi connectivity index (χ2n) is 6.56. The van der Waals surface area contributed by atoms with E-state index in [2.05, 4.69) is 5.32 Å². The molecule has 0 radical (unpaired) electrons. The van der Waals surface area contributed by atoms with Crippen molar-refractivity contribution in [3.8, 4) is 0 Å². The number of rotatable bonds is 4. The smallest absolute Gasteiger partial charge is 0.378 e. The number of ether oxygens (including phenoxy) is 1. The number of aryl methyl sites for hydroxylation is 1. The first-order valence-electron chi connectivity index (χ1n) is 8.92. The zero-order chi connectivity index (χ0) is 20.1. The van der Waals surface area contributed by atoms with E-state index in [1.54, 1.807) is 6.08 Å². The quantitative estimate of drug-likeness (QED) is 0.782. The van der Waals surface area contributed by atoms with E-state index in [0.29, 0.717) is 32.0 Å². The van der Waals surface area contributed by atoms with Gasteiger partial charge in [0.25, 0.3) is 0 Å². The number of halogens is 3. The molecular formula is C21H21F3N2O2. The van der Waals surface area contributed by atoms with Crippen molar-refractivity contribution in [1.29, 1.82) is 0 Å². The van der Waals surface area contributed by atoms with Crippen LogP contribution in [-0.2, 0) is 15.7 Å². The van der Waals surface area contributed by atoms with Gasteiger partial charge in [0.2, 0.25) is 5.91 Å². The molecule has 1 amide bonds. The molecule has 1 aliphatic rings. The molecule has 28 heavy (non-hydrogen) atoms. The standard InChI is InChI=1S/C21H21F3N2O2/c1-15-2-4-16(5-3-15)6-9-20(27)25-18-14-17(21(22,23)24)7-8-19(18)26-10-12-28-13-11-26/h2-9,14H,10-13H2,1H3,(H,25,27)/b9-6+. The highest BCUT2D eigenvalue weighted by Gasteiger charge is 2.31. The maximum absolute atomic E-state index is 13.1. The molecular weight excluding hydrogens is 369 g/mol. The lowest BCUT2D eigenvalue weighted by molar-refractivity contribution is -0.137. The van der Waals surface area contributed by atoms with Crippen LogP contribution in [0.25, 0.3) is 6.08 Å². The molecule has 0 spiro atoms. The summed E-state index contributed by atoms with van der Waals surface area (Å²) in [5.74, 6) is -0.491. The highest BCUT2D eigenvalue weighted by molar-refractivity contribution is 6.04. The van der Waals surface area contributed by atoms with Gasteiger partial charge in [-0.05, 0) is 36.8 Å². The predicted octanol–water partition coefficient (Wildman–Crippen LogP) is 4.50. The van der Waals surface area contributed by atoms with Crippen molar-refractivity contribution < 1.29 is 22.7 Å². The lowest BCUT2D eigenvalue weighted by Crippen LogP contribution is -2.36. The maximum atomic E-state index is 13.1. The van der Waals surface area contributed by atoms with Gasteiger partial charge in [0.05, 0.1) is 30.2 Å². The van der Waals surface area contributed by atoms with Crippen LogP contribution >= 0.6 is 0 Å². The number of anilines is 2. The van der Waals surface area contributed by atoms with Gasteiger partial charge in [0, 0.05) is 19.2 Å². The van der Waals surface area contributed by atoms with E-state index < -0.39 is 17.6 Å². The number of morpholine rings is 1. The summed E-state index contributed by atoms with van der Waals surface area (Å²) < 4.78 is 44.7. The first-order valence-corrected chi connectivity index (χ1v) is 8.92. The van der Waals surface area contributed by atoms with Crippen LogP contribution in [-0.4, -0.2) is 32.2 Å². The van der Waals surface area contributed by atoms with E-state index in [4.69, 9.17) is 4.74 Å². The molecule has 0 bridgehead atoms. The van der Waals surface area contributed by atoms with Crippen LogP contribution in [0.3, 0.4) is 0 Å². The summed E-state index contributed by atoms with van der Waals surface area (Å²) in [6.07, 6.45) is -1.55. The first-order chi connectivity index (χ1) is 13.3. The van der Waals surface area contributed by atoms with Crippen LogP contribution in [0.1, 0.15) is 16.7 Å². The molecule has 4 nitrogen and oxygen atoms in total. The summed E-state index contributed by atoms with van der Waals surface area (Å²) in [6.45, 7) is 4.03. The van der Waals surface area contributed by atoms with Crippen molar-refractivity contribution in [2.24, 2.45) is 0 Å².